The summed E-state index contributed by atoms with van der Waals surface area (Å²) in [5.74, 6) is -0.0880. The molecule has 0 radical (unpaired) electrons. The van der Waals surface area contributed by atoms with Gasteiger partial charge in [0, 0.05) is 44.3 Å². The second-order valence-electron chi connectivity index (χ2n) is 6.62. The molecule has 0 N–H and O–H groups in total. The Kier molecular flexibility index (Phi) is 5.48. The molecule has 3 rings (SSSR count). The summed E-state index contributed by atoms with van der Waals surface area (Å²) >= 11 is 0. The van der Waals surface area contributed by atoms with E-state index in [2.05, 4.69) is 5.10 Å². The third-order valence-corrected chi connectivity index (χ3v) is 6.41. The van der Waals surface area contributed by atoms with Gasteiger partial charge in [0.1, 0.15) is 0 Å². The Morgan fingerprint density at radius 2 is 1.70 bits per heavy atom. The molecule has 0 aliphatic carbocycles. The number of carbonyl (C=O) groups excluding carboxylic acids is 1. The summed E-state index contributed by atoms with van der Waals surface area (Å²) in [5, 5.41) is 5.52. The second-order valence-corrected chi connectivity index (χ2v) is 8.44. The van der Waals surface area contributed by atoms with Crippen LogP contribution in [0.1, 0.15) is 27.3 Å². The fourth-order valence-corrected chi connectivity index (χ4v) is 4.38. The second kappa shape index (κ2) is 7.66. The fourth-order valence-electron chi connectivity index (χ4n) is 3.20. The number of piperazine rings is 1. The molecular formula is C19H24N4O3S. The molecule has 8 heteroatoms. The zero-order chi connectivity index (χ0) is 19.6. The Bertz CT molecular complexity index is 956. The number of aromatic nitrogens is 2. The molecule has 0 bridgehead atoms. The van der Waals surface area contributed by atoms with E-state index in [-0.39, 0.29) is 19.0 Å². The van der Waals surface area contributed by atoms with Crippen LogP contribution in [-0.4, -0.2) is 59.5 Å². The van der Waals surface area contributed by atoms with Gasteiger partial charge < -0.3 is 4.90 Å². The van der Waals surface area contributed by atoms with Gasteiger partial charge >= 0.3 is 0 Å². The molecule has 1 fully saturated rings. The molecule has 0 saturated carbocycles. The summed E-state index contributed by atoms with van der Waals surface area (Å²) in [5.41, 5.74) is 2.95. The Morgan fingerprint density at radius 3 is 2.26 bits per heavy atom. The lowest BCUT2D eigenvalue weighted by molar-refractivity contribution is 0.0697. The lowest BCUT2D eigenvalue weighted by Crippen LogP contribution is -2.50. The molecule has 2 heterocycles. The maximum Gasteiger partial charge on any atom is 0.257 e. The summed E-state index contributed by atoms with van der Waals surface area (Å²) < 4.78 is 28.2. The number of rotatable bonds is 4. The Labute approximate surface area is 159 Å². The van der Waals surface area contributed by atoms with Crippen molar-refractivity contribution in [1.29, 1.82) is 0 Å². The zero-order valence-corrected chi connectivity index (χ0v) is 16.6. The highest BCUT2D eigenvalue weighted by molar-refractivity contribution is 7.92. The molecule has 1 aliphatic rings. The van der Waals surface area contributed by atoms with Crippen LogP contribution in [0.25, 0.3) is 6.08 Å². The predicted octanol–water partition coefficient (Wildman–Crippen LogP) is 1.80. The number of nitrogens with zero attached hydrogens (tertiary/aromatic N) is 4. The van der Waals surface area contributed by atoms with Crippen LogP contribution < -0.4 is 0 Å². The maximum absolute atomic E-state index is 12.8. The number of sulfonamides is 1. The number of amides is 1. The highest BCUT2D eigenvalue weighted by Gasteiger charge is 2.30. The Balaban J connectivity index is 1.66. The average molecular weight is 388 g/mol. The van der Waals surface area contributed by atoms with Crippen molar-refractivity contribution in [2.24, 2.45) is 7.05 Å². The molecule has 27 heavy (non-hydrogen) atoms. The van der Waals surface area contributed by atoms with Gasteiger partial charge in [0.25, 0.3) is 5.91 Å². The van der Waals surface area contributed by atoms with Gasteiger partial charge in [-0.15, -0.1) is 0 Å². The van der Waals surface area contributed by atoms with Crippen LogP contribution in [0.3, 0.4) is 0 Å². The molecule has 1 amide bonds. The predicted molar refractivity (Wildman–Crippen MR) is 105 cm³/mol. The van der Waals surface area contributed by atoms with Gasteiger partial charge in [0.15, 0.2) is 0 Å². The van der Waals surface area contributed by atoms with E-state index in [4.69, 9.17) is 0 Å². The minimum atomic E-state index is -3.51. The lowest BCUT2D eigenvalue weighted by atomic mass is 10.1. The highest BCUT2D eigenvalue weighted by Crippen LogP contribution is 2.18. The van der Waals surface area contributed by atoms with Crippen LogP contribution in [0.15, 0.2) is 35.7 Å². The molecule has 1 aromatic carbocycles. The van der Waals surface area contributed by atoms with E-state index in [0.717, 1.165) is 11.3 Å². The van der Waals surface area contributed by atoms with Gasteiger partial charge in [-0.1, -0.05) is 30.3 Å². The molecule has 7 nitrogen and oxygen atoms in total. The van der Waals surface area contributed by atoms with Gasteiger partial charge in [-0.3, -0.25) is 9.48 Å². The van der Waals surface area contributed by atoms with Crippen molar-refractivity contribution in [1.82, 2.24) is 19.0 Å². The number of hydrogen-bond acceptors (Lipinski definition) is 4. The summed E-state index contributed by atoms with van der Waals surface area (Å²) in [6, 6.07) is 9.30. The van der Waals surface area contributed by atoms with Crippen LogP contribution in [0.4, 0.5) is 0 Å². The molecular weight excluding hydrogens is 364 g/mol. The van der Waals surface area contributed by atoms with E-state index in [1.165, 1.54) is 9.71 Å². The number of aryl methyl sites for hydroxylation is 2. The van der Waals surface area contributed by atoms with Crippen molar-refractivity contribution in [3.8, 4) is 0 Å². The van der Waals surface area contributed by atoms with E-state index in [1.54, 1.807) is 15.7 Å². The van der Waals surface area contributed by atoms with Crippen molar-refractivity contribution in [2.45, 2.75) is 13.8 Å². The third kappa shape index (κ3) is 4.12. The number of hydrogen-bond donors (Lipinski definition) is 0. The molecule has 2 aromatic rings. The molecule has 1 saturated heterocycles. The molecule has 0 atom stereocenters. The molecule has 0 unspecified atom stereocenters. The van der Waals surface area contributed by atoms with Crippen molar-refractivity contribution < 1.29 is 13.2 Å². The van der Waals surface area contributed by atoms with Crippen molar-refractivity contribution >= 4 is 22.0 Å². The molecule has 144 valence electrons. The highest BCUT2D eigenvalue weighted by atomic mass is 32.2. The summed E-state index contributed by atoms with van der Waals surface area (Å²) in [4.78, 5) is 14.5. The van der Waals surface area contributed by atoms with Crippen LogP contribution in [0.5, 0.6) is 0 Å². The lowest BCUT2D eigenvalue weighted by Gasteiger charge is -2.33. The average Bonchev–Trinajstić information content (AvgIpc) is 2.92. The first-order chi connectivity index (χ1) is 12.8. The van der Waals surface area contributed by atoms with Crippen LogP contribution in [-0.2, 0) is 17.1 Å². The van der Waals surface area contributed by atoms with Gasteiger partial charge in [-0.25, -0.2) is 8.42 Å². The van der Waals surface area contributed by atoms with Crippen LogP contribution in [0.2, 0.25) is 0 Å². The first-order valence-electron chi connectivity index (χ1n) is 8.82. The van der Waals surface area contributed by atoms with Gasteiger partial charge in [0.05, 0.1) is 11.3 Å². The van der Waals surface area contributed by atoms with Crippen LogP contribution >= 0.6 is 0 Å². The smallest absolute Gasteiger partial charge is 0.257 e. The minimum absolute atomic E-state index is 0.0880. The standard InChI is InChI=1S/C19H24N4O3S/c1-15-18(16(2)21(3)20-15)19(24)22-10-12-23(13-11-22)27(25,26)14-9-17-7-5-4-6-8-17/h4-9,14H,10-13H2,1-3H3/b14-9+. The molecule has 1 aromatic heterocycles. The van der Waals surface area contributed by atoms with Gasteiger partial charge in [0.2, 0.25) is 10.0 Å². The van der Waals surface area contributed by atoms with E-state index >= 15 is 0 Å². The molecule has 0 spiro atoms. The number of benzene rings is 1. The van der Waals surface area contributed by atoms with Crippen molar-refractivity contribution in [2.75, 3.05) is 26.2 Å². The van der Waals surface area contributed by atoms with E-state index < -0.39 is 10.0 Å². The first-order valence-corrected chi connectivity index (χ1v) is 10.3. The monoisotopic (exact) mass is 388 g/mol. The van der Waals surface area contributed by atoms with Crippen LogP contribution in [0, 0.1) is 13.8 Å². The topological polar surface area (TPSA) is 75.5 Å². The van der Waals surface area contributed by atoms with E-state index in [1.807, 2.05) is 51.2 Å². The zero-order valence-electron chi connectivity index (χ0n) is 15.8. The summed E-state index contributed by atoms with van der Waals surface area (Å²) in [6.07, 6.45) is 1.59. The Hall–Kier alpha value is -2.45. The molecule has 1 aliphatic heterocycles. The van der Waals surface area contributed by atoms with Crippen molar-refractivity contribution in [3.05, 3.63) is 58.3 Å². The number of carbonyl (C=O) groups is 1. The minimum Gasteiger partial charge on any atom is -0.336 e. The largest absolute Gasteiger partial charge is 0.336 e. The summed E-state index contributed by atoms with van der Waals surface area (Å²) in [6.45, 7) is 4.98. The SMILES string of the molecule is Cc1nn(C)c(C)c1C(=O)N1CCN(S(=O)(=O)/C=C/c2ccccc2)CC1. The summed E-state index contributed by atoms with van der Waals surface area (Å²) in [7, 11) is -1.70. The Morgan fingerprint density at radius 1 is 1.07 bits per heavy atom. The van der Waals surface area contributed by atoms with Crippen molar-refractivity contribution in [3.63, 3.8) is 0 Å². The van der Waals surface area contributed by atoms with Gasteiger partial charge in [-0.05, 0) is 25.5 Å². The fraction of sp³-hybridized carbons (Fsp3) is 0.368. The maximum atomic E-state index is 12.8. The van der Waals surface area contributed by atoms with Gasteiger partial charge in [-0.2, -0.15) is 9.40 Å². The first kappa shape index (κ1) is 19.3. The third-order valence-electron chi connectivity index (χ3n) is 4.84. The van der Waals surface area contributed by atoms with E-state index in [0.29, 0.717) is 24.3 Å². The quantitative estimate of drug-likeness (QED) is 0.800. The van der Waals surface area contributed by atoms with E-state index in [9.17, 15) is 13.2 Å². The normalized spacial score (nSPS) is 16.2.